The molecule has 1 atom stereocenters. The monoisotopic (exact) mass is 399 g/mol. The van der Waals surface area contributed by atoms with Gasteiger partial charge in [0.1, 0.15) is 5.84 Å². The van der Waals surface area contributed by atoms with Crippen molar-refractivity contribution in [1.82, 2.24) is 4.90 Å². The minimum Gasteiger partial charge on any atom is -0.362 e. The molecule has 0 radical (unpaired) electrons. The molecule has 1 amide bonds. The molecule has 0 spiro atoms. The highest BCUT2D eigenvalue weighted by molar-refractivity contribution is 7.90. The molecule has 0 aliphatic carbocycles. The summed E-state index contributed by atoms with van der Waals surface area (Å²) >= 11 is 0. The van der Waals surface area contributed by atoms with E-state index in [1.165, 1.54) is 12.1 Å². The maximum absolute atomic E-state index is 12.6. The molecule has 6 nitrogen and oxygen atoms in total. The van der Waals surface area contributed by atoms with Crippen molar-refractivity contribution >= 4 is 27.5 Å². The second-order valence-corrected chi connectivity index (χ2v) is 8.50. The number of likely N-dealkylation sites (tertiary alicyclic amines) is 1. The third-order valence-electron chi connectivity index (χ3n) is 4.91. The molecule has 1 aliphatic heterocycles. The number of carbonyl (C=O) groups excluding carboxylic acids is 1. The Bertz CT molecular complexity index is 954. The van der Waals surface area contributed by atoms with Crippen LogP contribution in [0, 0.1) is 0 Å². The molecule has 3 rings (SSSR count). The van der Waals surface area contributed by atoms with Gasteiger partial charge in [-0.25, -0.2) is 0 Å². The minimum absolute atomic E-state index is 0.114. The van der Waals surface area contributed by atoms with Gasteiger partial charge >= 0.3 is 0 Å². The van der Waals surface area contributed by atoms with E-state index in [0.717, 1.165) is 18.5 Å². The van der Waals surface area contributed by atoms with Crippen LogP contribution in [0.5, 0.6) is 0 Å². The zero-order chi connectivity index (χ0) is 20.1. The number of amidine groups is 1. The van der Waals surface area contributed by atoms with Gasteiger partial charge in [0.05, 0.1) is 10.8 Å². The van der Waals surface area contributed by atoms with E-state index >= 15 is 0 Å². The molecular formula is C21H25N3O3S. The smallest absolute Gasteiger partial charge is 0.283 e. The number of nitrogens with zero attached hydrogens (tertiary/aromatic N) is 2. The van der Waals surface area contributed by atoms with E-state index < -0.39 is 10.0 Å². The average molecular weight is 400 g/mol. The van der Waals surface area contributed by atoms with Crippen LogP contribution in [0.25, 0.3) is 0 Å². The number of carbonyl (C=O) groups is 1. The third-order valence-corrected chi connectivity index (χ3v) is 6.23. The highest BCUT2D eigenvalue weighted by Crippen LogP contribution is 2.23. The molecule has 0 bridgehead atoms. The molecule has 1 fully saturated rings. The summed E-state index contributed by atoms with van der Waals surface area (Å²) in [4.78, 5) is 14.6. The molecular weight excluding hydrogens is 374 g/mol. The van der Waals surface area contributed by atoms with Crippen molar-refractivity contribution in [1.29, 1.82) is 0 Å². The number of hydrogen-bond acceptors (Lipinski definition) is 3. The Balaban J connectivity index is 1.73. The quantitative estimate of drug-likeness (QED) is 0.804. The second-order valence-electron chi connectivity index (χ2n) is 6.89. The lowest BCUT2D eigenvalue weighted by molar-refractivity contribution is -0.117. The lowest BCUT2D eigenvalue weighted by atomic mass is 9.95. The number of hydrogen-bond donors (Lipinski definition) is 1. The van der Waals surface area contributed by atoms with Crippen LogP contribution < -0.4 is 5.32 Å². The molecule has 1 saturated heterocycles. The molecule has 1 aliphatic rings. The summed E-state index contributed by atoms with van der Waals surface area (Å²) in [6.07, 6.45) is 2.25. The number of benzene rings is 2. The zero-order valence-electron chi connectivity index (χ0n) is 16.1. The summed E-state index contributed by atoms with van der Waals surface area (Å²) < 4.78 is 29.0. The summed E-state index contributed by atoms with van der Waals surface area (Å²) in [5.41, 5.74) is 1.52. The van der Waals surface area contributed by atoms with Gasteiger partial charge in [-0.3, -0.25) is 4.79 Å². The number of rotatable bonds is 6. The Hall–Kier alpha value is -2.67. The summed E-state index contributed by atoms with van der Waals surface area (Å²) in [6.45, 7) is 2.78. The average Bonchev–Trinajstić information content (AvgIpc) is 3.07. The highest BCUT2D eigenvalue weighted by Gasteiger charge is 2.21. The van der Waals surface area contributed by atoms with Gasteiger partial charge in [0.2, 0.25) is 5.91 Å². The Kier molecular flexibility index (Phi) is 6.14. The molecule has 7 heteroatoms. The normalized spacial score (nSPS) is 16.9. The van der Waals surface area contributed by atoms with E-state index in [9.17, 15) is 13.2 Å². The van der Waals surface area contributed by atoms with Gasteiger partial charge in [-0.1, -0.05) is 37.3 Å². The fourth-order valence-electron chi connectivity index (χ4n) is 3.30. The lowest BCUT2D eigenvalue weighted by Gasteiger charge is -2.15. The van der Waals surface area contributed by atoms with Gasteiger partial charge < -0.3 is 10.2 Å². The summed E-state index contributed by atoms with van der Waals surface area (Å²) in [7, 11) is -1.91. The van der Waals surface area contributed by atoms with Crippen molar-refractivity contribution < 1.29 is 13.2 Å². The van der Waals surface area contributed by atoms with Crippen LogP contribution in [0.4, 0.5) is 5.69 Å². The van der Waals surface area contributed by atoms with Crippen LogP contribution in [0.2, 0.25) is 0 Å². The second kappa shape index (κ2) is 8.56. The molecule has 148 valence electrons. The van der Waals surface area contributed by atoms with Crippen molar-refractivity contribution in [3.63, 3.8) is 0 Å². The molecule has 0 saturated carbocycles. The zero-order valence-corrected chi connectivity index (χ0v) is 16.9. The first kappa shape index (κ1) is 20.1. The molecule has 0 aromatic heterocycles. The number of anilines is 1. The number of nitrogens with one attached hydrogen (secondary N) is 1. The molecule has 1 heterocycles. The fourth-order valence-corrected chi connectivity index (χ4v) is 4.39. The number of sulfonamides is 1. The largest absolute Gasteiger partial charge is 0.362 e. The Morgan fingerprint density at radius 3 is 2.39 bits per heavy atom. The number of amides is 1. The predicted molar refractivity (Wildman–Crippen MR) is 111 cm³/mol. The van der Waals surface area contributed by atoms with E-state index in [2.05, 4.69) is 9.71 Å². The first-order chi connectivity index (χ1) is 13.4. The topological polar surface area (TPSA) is 78.8 Å². The van der Waals surface area contributed by atoms with Gasteiger partial charge in [-0.2, -0.15) is 8.42 Å². The summed E-state index contributed by atoms with van der Waals surface area (Å²) in [5, 5.41) is 2.87. The molecule has 2 aromatic carbocycles. The van der Waals surface area contributed by atoms with Gasteiger partial charge in [-0.05, 0) is 42.7 Å². The van der Waals surface area contributed by atoms with Crippen LogP contribution in [0.3, 0.4) is 0 Å². The summed E-state index contributed by atoms with van der Waals surface area (Å²) in [5.74, 6) is 0.220. The van der Waals surface area contributed by atoms with Crippen LogP contribution >= 0.6 is 0 Å². The molecule has 28 heavy (non-hydrogen) atoms. The third kappa shape index (κ3) is 4.59. The maximum atomic E-state index is 12.6. The first-order valence-electron chi connectivity index (χ1n) is 9.41. The maximum Gasteiger partial charge on any atom is 0.283 e. The molecule has 1 unspecified atom stereocenters. The van der Waals surface area contributed by atoms with Gasteiger partial charge in [-0.15, -0.1) is 4.40 Å². The standard InChI is InChI=1S/C21H25N3O3S/c1-3-19(16-8-5-4-6-9-16)21(25)22-17-11-13-18(14-12-17)28(26,27)23-20-10-7-15-24(20)2/h4-6,8-9,11-14,19H,3,7,10,15H2,1-2H3,(H,22,25). The van der Waals surface area contributed by atoms with Crippen molar-refractivity contribution in [3.05, 3.63) is 60.2 Å². The highest BCUT2D eigenvalue weighted by atomic mass is 32.2. The van der Waals surface area contributed by atoms with E-state index in [0.29, 0.717) is 24.4 Å². The van der Waals surface area contributed by atoms with Gasteiger partial charge in [0, 0.05) is 25.7 Å². The Morgan fingerprint density at radius 1 is 1.14 bits per heavy atom. The van der Waals surface area contributed by atoms with Crippen molar-refractivity contribution in [2.24, 2.45) is 4.40 Å². The van der Waals surface area contributed by atoms with Crippen LogP contribution in [-0.2, 0) is 14.8 Å². The lowest BCUT2D eigenvalue weighted by Crippen LogP contribution is -2.21. The Labute approximate surface area is 166 Å². The first-order valence-corrected chi connectivity index (χ1v) is 10.9. The molecule has 1 N–H and O–H groups in total. The van der Waals surface area contributed by atoms with E-state index in [4.69, 9.17) is 0 Å². The SMILES string of the molecule is CCC(C(=O)Nc1ccc(S(=O)(=O)N=C2CCCN2C)cc1)c1ccccc1. The van der Waals surface area contributed by atoms with E-state index in [-0.39, 0.29) is 16.7 Å². The molecule has 2 aromatic rings. The van der Waals surface area contributed by atoms with Crippen molar-refractivity contribution in [2.45, 2.75) is 37.0 Å². The van der Waals surface area contributed by atoms with Crippen LogP contribution in [0.15, 0.2) is 63.9 Å². The predicted octanol–water partition coefficient (Wildman–Crippen LogP) is 3.63. The summed E-state index contributed by atoms with van der Waals surface area (Å²) in [6, 6.07) is 15.8. The fraction of sp³-hybridized carbons (Fsp3) is 0.333. The van der Waals surface area contributed by atoms with Crippen molar-refractivity contribution in [2.75, 3.05) is 18.9 Å². The Morgan fingerprint density at radius 2 is 1.82 bits per heavy atom. The van der Waals surface area contributed by atoms with Crippen molar-refractivity contribution in [3.8, 4) is 0 Å². The van der Waals surface area contributed by atoms with Crippen LogP contribution in [0.1, 0.15) is 37.7 Å². The van der Waals surface area contributed by atoms with E-state index in [1.54, 1.807) is 12.1 Å². The van der Waals surface area contributed by atoms with Gasteiger partial charge in [0.15, 0.2) is 0 Å². The van der Waals surface area contributed by atoms with E-state index in [1.807, 2.05) is 49.2 Å². The van der Waals surface area contributed by atoms with Gasteiger partial charge in [0.25, 0.3) is 10.0 Å². The van der Waals surface area contributed by atoms with Crippen LogP contribution in [-0.4, -0.2) is 38.7 Å². The minimum atomic E-state index is -3.75.